The predicted molar refractivity (Wildman–Crippen MR) is 121 cm³/mol. The van der Waals surface area contributed by atoms with Gasteiger partial charge in [-0.2, -0.15) is 0 Å². The van der Waals surface area contributed by atoms with E-state index in [1.54, 1.807) is 29.8 Å². The van der Waals surface area contributed by atoms with Crippen molar-refractivity contribution in [2.24, 2.45) is 0 Å². The molecule has 0 spiro atoms. The predicted octanol–water partition coefficient (Wildman–Crippen LogP) is 2.67. The third-order valence-electron chi connectivity index (χ3n) is 5.75. The summed E-state index contributed by atoms with van der Waals surface area (Å²) >= 11 is 7.32. The molecule has 8 heteroatoms. The second-order valence-electron chi connectivity index (χ2n) is 8.21. The number of hydrogen-bond donors (Lipinski definition) is 0. The van der Waals surface area contributed by atoms with Gasteiger partial charge >= 0.3 is 0 Å². The van der Waals surface area contributed by atoms with E-state index in [4.69, 9.17) is 17.0 Å². The molecular weight excluding hydrogens is 406 g/mol. The van der Waals surface area contributed by atoms with E-state index in [1.165, 1.54) is 0 Å². The van der Waals surface area contributed by atoms with Crippen molar-refractivity contribution in [2.75, 3.05) is 51.0 Å². The minimum atomic E-state index is -0.578. The number of carbonyl (C=O) groups is 2. The van der Waals surface area contributed by atoms with Gasteiger partial charge < -0.3 is 14.5 Å². The maximum absolute atomic E-state index is 12.7. The lowest BCUT2D eigenvalue weighted by Crippen LogP contribution is -2.48. The highest BCUT2D eigenvalue weighted by Crippen LogP contribution is 2.47. The lowest BCUT2D eigenvalue weighted by molar-refractivity contribution is -0.115. The topological polar surface area (TPSA) is 53.1 Å². The number of methoxy groups -OCH3 is 1. The Hall–Kier alpha value is -1.90. The van der Waals surface area contributed by atoms with E-state index in [1.807, 2.05) is 19.9 Å². The summed E-state index contributed by atoms with van der Waals surface area (Å²) in [6, 6.07) is 3.58. The van der Waals surface area contributed by atoms with Crippen LogP contribution in [0.3, 0.4) is 0 Å². The maximum Gasteiger partial charge on any atom is 0.300 e. The zero-order valence-corrected chi connectivity index (χ0v) is 18.8. The number of piperazine rings is 1. The van der Waals surface area contributed by atoms with Crippen LogP contribution in [-0.2, 0) is 4.79 Å². The van der Waals surface area contributed by atoms with E-state index in [0.29, 0.717) is 22.8 Å². The van der Waals surface area contributed by atoms with Gasteiger partial charge in [0, 0.05) is 37.5 Å². The second kappa shape index (κ2) is 7.41. The summed E-state index contributed by atoms with van der Waals surface area (Å²) in [6.07, 6.45) is 2.08. The molecule has 0 radical (unpaired) electrons. The number of thioether (sulfide) groups is 1. The van der Waals surface area contributed by atoms with Gasteiger partial charge in [0.1, 0.15) is 10.1 Å². The monoisotopic (exact) mass is 431 g/mol. The highest BCUT2D eigenvalue weighted by atomic mass is 32.2. The first kappa shape index (κ1) is 20.4. The van der Waals surface area contributed by atoms with Crippen LogP contribution >= 0.6 is 24.0 Å². The van der Waals surface area contributed by atoms with E-state index in [9.17, 15) is 9.59 Å². The van der Waals surface area contributed by atoms with E-state index in [0.717, 1.165) is 41.6 Å². The molecule has 3 aliphatic heterocycles. The van der Waals surface area contributed by atoms with Crippen LogP contribution in [0.1, 0.15) is 29.8 Å². The zero-order valence-electron chi connectivity index (χ0n) is 17.2. The van der Waals surface area contributed by atoms with Gasteiger partial charge in [-0.05, 0) is 38.6 Å². The maximum atomic E-state index is 12.7. The van der Waals surface area contributed by atoms with Crippen molar-refractivity contribution < 1.29 is 14.3 Å². The van der Waals surface area contributed by atoms with E-state index in [2.05, 4.69) is 22.9 Å². The minimum Gasteiger partial charge on any atom is -0.497 e. The number of benzene rings is 1. The van der Waals surface area contributed by atoms with E-state index < -0.39 is 17.2 Å². The van der Waals surface area contributed by atoms with Gasteiger partial charge in [-0.15, -0.1) is 0 Å². The van der Waals surface area contributed by atoms with Crippen LogP contribution in [0.15, 0.2) is 18.2 Å². The first-order valence-corrected chi connectivity index (χ1v) is 11.1. The molecule has 1 fully saturated rings. The lowest BCUT2D eigenvalue weighted by Gasteiger charge is -2.39. The number of amides is 1. The smallest absolute Gasteiger partial charge is 0.300 e. The van der Waals surface area contributed by atoms with Crippen LogP contribution in [0.4, 0.5) is 5.69 Å². The number of likely N-dealkylation sites (N-methyl/N-ethyl adjacent to an activating group) is 1. The standard InChI is InChI=1S/C21H25N3O3S2/c1-21(2)11-13(12-29-20(28)23-7-5-22(3)6-8-23)15-9-14(27-4)10-16-17(15)24(21)19(26)18(16)25/h9-11H,5-8,12H2,1-4H3. The molecule has 3 heterocycles. The minimum absolute atomic E-state index is 0.426. The number of Topliss-reactive ketones (excluding diaryl/α,β-unsaturated/α-hetero) is 1. The van der Waals surface area contributed by atoms with E-state index >= 15 is 0 Å². The third kappa shape index (κ3) is 3.47. The summed E-state index contributed by atoms with van der Waals surface area (Å²) < 4.78 is 6.30. The third-order valence-corrected chi connectivity index (χ3v) is 7.32. The van der Waals surface area contributed by atoms with Crippen LogP contribution in [-0.4, -0.2) is 77.4 Å². The molecule has 29 heavy (non-hydrogen) atoms. The van der Waals surface area contributed by atoms with Gasteiger partial charge in [-0.3, -0.25) is 14.5 Å². The van der Waals surface area contributed by atoms with Gasteiger partial charge in [-0.1, -0.05) is 30.1 Å². The SMILES string of the molecule is COc1cc2c3c(c1)C(CSC(=S)N1CCN(C)CC1)=CC(C)(C)N3C(=O)C2=O. The molecule has 6 nitrogen and oxygen atoms in total. The molecule has 1 amide bonds. The molecule has 0 unspecified atom stereocenters. The molecule has 1 aromatic carbocycles. The summed E-state index contributed by atoms with van der Waals surface area (Å²) in [7, 11) is 3.70. The van der Waals surface area contributed by atoms with Crippen LogP contribution in [0.25, 0.3) is 5.57 Å². The van der Waals surface area contributed by atoms with Crippen LogP contribution in [0.5, 0.6) is 5.75 Å². The van der Waals surface area contributed by atoms with Gasteiger partial charge in [0.25, 0.3) is 11.7 Å². The highest BCUT2D eigenvalue weighted by Gasteiger charge is 2.47. The summed E-state index contributed by atoms with van der Waals surface area (Å²) in [4.78, 5) is 31.4. The molecule has 4 rings (SSSR count). The van der Waals surface area contributed by atoms with Crippen molar-refractivity contribution in [1.82, 2.24) is 9.80 Å². The Morgan fingerprint density at radius 3 is 2.48 bits per heavy atom. The number of carbonyl (C=O) groups excluding carboxylic acids is 2. The molecule has 0 atom stereocenters. The Morgan fingerprint density at radius 1 is 1.17 bits per heavy atom. The average Bonchev–Trinajstić information content (AvgIpc) is 2.95. The molecule has 0 bridgehead atoms. The number of ketones is 1. The van der Waals surface area contributed by atoms with Crippen LogP contribution < -0.4 is 9.64 Å². The first-order valence-electron chi connectivity index (χ1n) is 9.66. The Labute approximate surface area is 180 Å². The summed E-state index contributed by atoms with van der Waals surface area (Å²) in [6.45, 7) is 7.84. The van der Waals surface area contributed by atoms with Crippen molar-refractivity contribution >= 4 is 51.3 Å². The van der Waals surface area contributed by atoms with Gasteiger partial charge in [-0.25, -0.2) is 0 Å². The van der Waals surface area contributed by atoms with Gasteiger partial charge in [0.05, 0.1) is 23.9 Å². The number of thiocarbonyl (C=S) groups is 1. The van der Waals surface area contributed by atoms with Crippen molar-refractivity contribution in [3.63, 3.8) is 0 Å². The number of anilines is 1. The molecule has 0 saturated carbocycles. The molecule has 3 aliphatic rings. The van der Waals surface area contributed by atoms with Crippen molar-refractivity contribution in [2.45, 2.75) is 19.4 Å². The van der Waals surface area contributed by atoms with Crippen molar-refractivity contribution in [1.29, 1.82) is 0 Å². The Bertz CT molecular complexity index is 933. The molecule has 1 saturated heterocycles. The van der Waals surface area contributed by atoms with Crippen molar-refractivity contribution in [3.05, 3.63) is 29.3 Å². The average molecular weight is 432 g/mol. The van der Waals surface area contributed by atoms with Crippen LogP contribution in [0.2, 0.25) is 0 Å². The number of rotatable bonds is 3. The highest BCUT2D eigenvalue weighted by molar-refractivity contribution is 8.23. The van der Waals surface area contributed by atoms with Crippen molar-refractivity contribution in [3.8, 4) is 5.75 Å². The molecular formula is C21H25N3O3S2. The molecule has 0 N–H and O–H groups in total. The van der Waals surface area contributed by atoms with E-state index in [-0.39, 0.29) is 0 Å². The van der Waals surface area contributed by atoms with Gasteiger partial charge in [0.15, 0.2) is 0 Å². The molecule has 0 aromatic heterocycles. The number of hydrogen-bond acceptors (Lipinski definition) is 6. The Kier molecular flexibility index (Phi) is 5.21. The molecule has 0 aliphatic carbocycles. The largest absolute Gasteiger partial charge is 0.497 e. The molecule has 1 aromatic rings. The number of nitrogens with zero attached hydrogens (tertiary/aromatic N) is 3. The summed E-state index contributed by atoms with van der Waals surface area (Å²) in [5, 5.41) is 0. The first-order chi connectivity index (χ1) is 13.7. The number of ether oxygens (including phenoxy) is 1. The normalized spacial score (nSPS) is 20.6. The zero-order chi connectivity index (χ0) is 20.9. The Morgan fingerprint density at radius 2 is 1.83 bits per heavy atom. The fraction of sp³-hybridized carbons (Fsp3) is 0.476. The summed E-state index contributed by atoms with van der Waals surface area (Å²) in [5.74, 6) is 0.322. The van der Waals surface area contributed by atoms with Crippen LogP contribution in [0, 0.1) is 0 Å². The van der Waals surface area contributed by atoms with Gasteiger partial charge in [0.2, 0.25) is 0 Å². The fourth-order valence-corrected chi connectivity index (χ4v) is 5.40. The Balaban J connectivity index is 1.64. The fourth-order valence-electron chi connectivity index (χ4n) is 4.16. The summed E-state index contributed by atoms with van der Waals surface area (Å²) in [5.41, 5.74) is 2.51. The second-order valence-corrected chi connectivity index (χ2v) is 9.82. The molecule has 154 valence electrons. The quantitative estimate of drug-likeness (QED) is 0.539. The lowest BCUT2D eigenvalue weighted by atomic mass is 9.89.